The monoisotopic (exact) mass is 192 g/mol. The van der Waals surface area contributed by atoms with E-state index in [1.807, 2.05) is 0 Å². The topological polar surface area (TPSA) is 93.2 Å². The fourth-order valence-corrected chi connectivity index (χ4v) is 1.10. The van der Waals surface area contributed by atoms with Gasteiger partial charge in [0, 0.05) is 0 Å². The molecule has 1 aliphatic rings. The van der Waals surface area contributed by atoms with E-state index in [1.165, 1.54) is 19.1 Å². The number of rotatable bonds is 1. The molecule has 0 aromatic rings. The number of nitrogens with zero attached hydrogens (tertiary/aromatic N) is 1. The number of hydrogen-bond acceptors (Lipinski definition) is 5. The molecular formula is C9H8N2O3. The molecule has 0 aromatic carbocycles. The van der Waals surface area contributed by atoms with Gasteiger partial charge in [-0.3, -0.25) is 4.79 Å². The van der Waals surface area contributed by atoms with Crippen LogP contribution in [0.25, 0.3) is 0 Å². The molecule has 0 spiro atoms. The fraction of sp³-hybridized carbons (Fsp3) is 0.222. The van der Waals surface area contributed by atoms with E-state index in [0.717, 1.165) is 6.08 Å². The van der Waals surface area contributed by atoms with Crippen molar-refractivity contribution < 1.29 is 14.4 Å². The smallest absolute Gasteiger partial charge is 0.338 e. The van der Waals surface area contributed by atoms with E-state index in [9.17, 15) is 9.59 Å². The first-order valence-electron chi connectivity index (χ1n) is 3.81. The fourth-order valence-electron chi connectivity index (χ4n) is 1.10. The molecule has 1 unspecified atom stereocenters. The second kappa shape index (κ2) is 3.44. The lowest BCUT2D eigenvalue weighted by atomic mass is 9.83. The largest absolute Gasteiger partial charge is 0.372 e. The molecule has 0 saturated carbocycles. The minimum absolute atomic E-state index is 0.0830. The van der Waals surface area contributed by atoms with Gasteiger partial charge < -0.3 is 4.84 Å². The van der Waals surface area contributed by atoms with Crippen LogP contribution in [0.5, 0.6) is 0 Å². The summed E-state index contributed by atoms with van der Waals surface area (Å²) >= 11 is 0. The molecule has 0 aliphatic heterocycles. The van der Waals surface area contributed by atoms with Gasteiger partial charge in [-0.1, -0.05) is 6.08 Å². The highest BCUT2D eigenvalue weighted by Crippen LogP contribution is 2.27. The number of nitrogens with two attached hydrogens (primary N) is 1. The first kappa shape index (κ1) is 10.2. The summed E-state index contributed by atoms with van der Waals surface area (Å²) in [5, 5.41) is 8.59. The zero-order valence-electron chi connectivity index (χ0n) is 7.48. The van der Waals surface area contributed by atoms with Crippen molar-refractivity contribution in [3.8, 4) is 6.07 Å². The molecule has 5 nitrogen and oxygen atoms in total. The van der Waals surface area contributed by atoms with Crippen molar-refractivity contribution in [3.05, 3.63) is 23.8 Å². The highest BCUT2D eigenvalue weighted by molar-refractivity contribution is 6.09. The zero-order valence-corrected chi connectivity index (χ0v) is 7.48. The molecule has 0 bridgehead atoms. The summed E-state index contributed by atoms with van der Waals surface area (Å²) in [6.45, 7) is 1.50. The van der Waals surface area contributed by atoms with Crippen LogP contribution < -0.4 is 5.90 Å². The Morgan fingerprint density at radius 2 is 2.36 bits per heavy atom. The molecule has 0 heterocycles. The first-order chi connectivity index (χ1) is 6.53. The van der Waals surface area contributed by atoms with Crippen LogP contribution in [0.15, 0.2) is 23.8 Å². The Kier molecular flexibility index (Phi) is 2.49. The van der Waals surface area contributed by atoms with Crippen molar-refractivity contribution in [1.82, 2.24) is 0 Å². The maximum atomic E-state index is 11.2. The number of ketones is 1. The van der Waals surface area contributed by atoms with Crippen LogP contribution in [0.3, 0.4) is 0 Å². The molecule has 1 atom stereocenters. The molecule has 1 rings (SSSR count). The van der Waals surface area contributed by atoms with E-state index >= 15 is 0 Å². The highest BCUT2D eigenvalue weighted by atomic mass is 16.7. The van der Waals surface area contributed by atoms with Crippen molar-refractivity contribution in [2.75, 3.05) is 0 Å². The second-order valence-electron chi connectivity index (χ2n) is 3.06. The maximum absolute atomic E-state index is 11.2. The molecule has 0 radical (unpaired) electrons. The summed E-state index contributed by atoms with van der Waals surface area (Å²) in [6, 6.07) is 1.70. The summed E-state index contributed by atoms with van der Waals surface area (Å²) < 4.78 is 0. The van der Waals surface area contributed by atoms with Crippen LogP contribution in [0, 0.1) is 16.7 Å². The lowest BCUT2D eigenvalue weighted by Crippen LogP contribution is -2.30. The third-order valence-electron chi connectivity index (χ3n) is 1.96. The van der Waals surface area contributed by atoms with E-state index in [1.54, 1.807) is 6.07 Å². The normalized spacial score (nSPS) is 25.2. The van der Waals surface area contributed by atoms with Crippen molar-refractivity contribution in [3.63, 3.8) is 0 Å². The Morgan fingerprint density at radius 1 is 1.71 bits per heavy atom. The Hall–Kier alpha value is -1.93. The number of carbonyl (C=O) groups is 2. The van der Waals surface area contributed by atoms with Gasteiger partial charge in [-0.15, -0.1) is 0 Å². The molecule has 0 aromatic heterocycles. The molecule has 72 valence electrons. The van der Waals surface area contributed by atoms with E-state index in [0.29, 0.717) is 0 Å². The maximum Gasteiger partial charge on any atom is 0.338 e. The number of allylic oxidation sites excluding steroid dienone is 2. The van der Waals surface area contributed by atoms with Gasteiger partial charge in [-0.05, 0) is 19.1 Å². The van der Waals surface area contributed by atoms with Crippen LogP contribution in [0.4, 0.5) is 0 Å². The van der Waals surface area contributed by atoms with Crippen LogP contribution in [0.2, 0.25) is 0 Å². The first-order valence-corrected chi connectivity index (χ1v) is 3.81. The van der Waals surface area contributed by atoms with Gasteiger partial charge in [0.2, 0.25) is 0 Å². The summed E-state index contributed by atoms with van der Waals surface area (Å²) in [5.41, 5.74) is -1.21. The third kappa shape index (κ3) is 1.56. The van der Waals surface area contributed by atoms with E-state index in [2.05, 4.69) is 4.84 Å². The van der Waals surface area contributed by atoms with Crippen molar-refractivity contribution in [2.24, 2.45) is 11.3 Å². The summed E-state index contributed by atoms with van der Waals surface area (Å²) in [7, 11) is 0. The quantitative estimate of drug-likeness (QED) is 0.590. The third-order valence-corrected chi connectivity index (χ3v) is 1.96. The highest BCUT2D eigenvalue weighted by Gasteiger charge is 2.34. The molecule has 14 heavy (non-hydrogen) atoms. The van der Waals surface area contributed by atoms with E-state index in [4.69, 9.17) is 11.2 Å². The lowest BCUT2D eigenvalue weighted by molar-refractivity contribution is -0.150. The summed E-state index contributed by atoms with van der Waals surface area (Å²) in [6.07, 6.45) is 3.76. The van der Waals surface area contributed by atoms with Crippen LogP contribution >= 0.6 is 0 Å². The minimum Gasteiger partial charge on any atom is -0.372 e. The molecule has 1 aliphatic carbocycles. The molecule has 0 saturated heterocycles. The average Bonchev–Trinajstić information content (AvgIpc) is 2.20. The van der Waals surface area contributed by atoms with Gasteiger partial charge in [-0.25, -0.2) is 4.79 Å². The van der Waals surface area contributed by atoms with Crippen molar-refractivity contribution in [2.45, 2.75) is 6.92 Å². The second-order valence-corrected chi connectivity index (χ2v) is 3.06. The summed E-state index contributed by atoms with van der Waals surface area (Å²) in [5.74, 6) is 3.59. The molecule has 2 N–H and O–H groups in total. The van der Waals surface area contributed by atoms with Crippen LogP contribution in [-0.4, -0.2) is 11.8 Å². The number of hydrogen-bond donors (Lipinski definition) is 1. The average molecular weight is 192 g/mol. The van der Waals surface area contributed by atoms with Crippen molar-refractivity contribution in [1.29, 1.82) is 5.26 Å². The standard InChI is InChI=1S/C9H8N2O3/c1-9(8(13)14-11)3-2-7(12)6(4-9)5-10/h2-4H,11H2,1H3. The van der Waals surface area contributed by atoms with Crippen LogP contribution in [-0.2, 0) is 14.4 Å². The Morgan fingerprint density at radius 3 is 2.86 bits per heavy atom. The summed E-state index contributed by atoms with van der Waals surface area (Å²) in [4.78, 5) is 26.3. The van der Waals surface area contributed by atoms with Gasteiger partial charge in [0.15, 0.2) is 5.78 Å². The number of carbonyl (C=O) groups excluding carboxylic acids is 2. The predicted molar refractivity (Wildman–Crippen MR) is 46.2 cm³/mol. The van der Waals surface area contributed by atoms with Gasteiger partial charge in [0.1, 0.15) is 11.5 Å². The van der Waals surface area contributed by atoms with Crippen LogP contribution in [0.1, 0.15) is 6.92 Å². The molecular weight excluding hydrogens is 184 g/mol. The minimum atomic E-state index is -1.13. The van der Waals surface area contributed by atoms with E-state index < -0.39 is 17.2 Å². The Balaban J connectivity index is 3.12. The van der Waals surface area contributed by atoms with Crippen molar-refractivity contribution >= 4 is 11.8 Å². The molecule has 0 fully saturated rings. The predicted octanol–water partition coefficient (Wildman–Crippen LogP) is -0.00152. The van der Waals surface area contributed by atoms with E-state index in [-0.39, 0.29) is 5.57 Å². The lowest BCUT2D eigenvalue weighted by Gasteiger charge is -2.20. The van der Waals surface area contributed by atoms with Gasteiger partial charge >= 0.3 is 5.97 Å². The van der Waals surface area contributed by atoms with Gasteiger partial charge in [-0.2, -0.15) is 11.2 Å². The van der Waals surface area contributed by atoms with Gasteiger partial charge in [0.05, 0.1) is 5.57 Å². The van der Waals surface area contributed by atoms with Gasteiger partial charge in [0.25, 0.3) is 0 Å². The Bertz CT molecular complexity index is 389. The SMILES string of the molecule is CC1(C(=O)ON)C=CC(=O)C(C#N)=C1. The Labute approximate surface area is 80.4 Å². The molecule has 5 heteroatoms. The number of nitriles is 1. The molecule has 0 amide bonds. The zero-order chi connectivity index (χ0) is 10.8.